The minimum absolute atomic E-state index is 0.0138. The maximum Gasteiger partial charge on any atom is 0.153 e. The first-order valence-corrected chi connectivity index (χ1v) is 5.59. The average molecular weight is 242 g/mol. The van der Waals surface area contributed by atoms with Crippen molar-refractivity contribution in [1.82, 2.24) is 0 Å². The molecule has 0 spiro atoms. The molecule has 0 fully saturated rings. The molecule has 0 aliphatic heterocycles. The average Bonchev–Trinajstić information content (AvgIpc) is 2.40. The van der Waals surface area contributed by atoms with Crippen molar-refractivity contribution in [3.8, 4) is 22.6 Å². The van der Waals surface area contributed by atoms with Gasteiger partial charge in [0.05, 0.1) is 12.7 Å². The van der Waals surface area contributed by atoms with E-state index in [1.165, 1.54) is 13.2 Å². The van der Waals surface area contributed by atoms with Crippen LogP contribution in [-0.2, 0) is 0 Å². The van der Waals surface area contributed by atoms with Gasteiger partial charge in [0.2, 0.25) is 0 Å². The molecular weight excluding hydrogens is 228 g/mol. The lowest BCUT2D eigenvalue weighted by atomic mass is 9.97. The Labute approximate surface area is 106 Å². The van der Waals surface area contributed by atoms with Crippen molar-refractivity contribution in [3.63, 3.8) is 0 Å². The quantitative estimate of drug-likeness (QED) is 0.841. The van der Waals surface area contributed by atoms with Crippen molar-refractivity contribution in [1.29, 1.82) is 0 Å². The van der Waals surface area contributed by atoms with Gasteiger partial charge in [-0.1, -0.05) is 24.3 Å². The van der Waals surface area contributed by atoms with Crippen LogP contribution in [0.5, 0.6) is 11.5 Å². The van der Waals surface area contributed by atoms with Gasteiger partial charge in [-0.2, -0.15) is 0 Å². The molecular formula is C15H14O3. The molecule has 0 radical (unpaired) electrons. The second-order valence-corrected chi connectivity index (χ2v) is 4.05. The number of phenolic OH excluding ortho intramolecular Hbond substituents is 1. The topological polar surface area (TPSA) is 46.5 Å². The summed E-state index contributed by atoms with van der Waals surface area (Å²) in [7, 11) is 1.53. The molecule has 3 heteroatoms. The lowest BCUT2D eigenvalue weighted by Gasteiger charge is -2.11. The molecule has 2 rings (SSSR count). The molecule has 0 unspecified atom stereocenters. The molecule has 0 saturated carbocycles. The normalized spacial score (nSPS) is 10.1. The molecule has 0 aliphatic carbocycles. The molecule has 0 saturated heterocycles. The lowest BCUT2D eigenvalue weighted by Crippen LogP contribution is -1.91. The Balaban J connectivity index is 2.70. The van der Waals surface area contributed by atoms with Crippen LogP contribution in [-0.4, -0.2) is 18.5 Å². The second-order valence-electron chi connectivity index (χ2n) is 4.05. The minimum Gasteiger partial charge on any atom is -0.507 e. The Hall–Kier alpha value is -2.29. The first-order chi connectivity index (χ1) is 8.67. The van der Waals surface area contributed by atoms with Crippen LogP contribution in [0.2, 0.25) is 0 Å². The summed E-state index contributed by atoms with van der Waals surface area (Å²) in [4.78, 5) is 10.9. The molecule has 18 heavy (non-hydrogen) atoms. The first kappa shape index (κ1) is 12.2. The summed E-state index contributed by atoms with van der Waals surface area (Å²) < 4.78 is 5.14. The molecule has 0 bridgehead atoms. The van der Waals surface area contributed by atoms with Gasteiger partial charge in [0.25, 0.3) is 0 Å². The smallest absolute Gasteiger partial charge is 0.153 e. The molecule has 2 aromatic rings. The Bertz CT molecular complexity index is 588. The van der Waals surface area contributed by atoms with Crippen molar-refractivity contribution < 1.29 is 14.6 Å². The largest absolute Gasteiger partial charge is 0.507 e. The zero-order valence-electron chi connectivity index (χ0n) is 10.3. The highest BCUT2D eigenvalue weighted by Gasteiger charge is 2.13. The van der Waals surface area contributed by atoms with Crippen LogP contribution in [0, 0.1) is 6.92 Å². The highest BCUT2D eigenvalue weighted by Crippen LogP contribution is 2.36. The van der Waals surface area contributed by atoms with E-state index in [1.807, 2.05) is 31.2 Å². The van der Waals surface area contributed by atoms with Crippen LogP contribution in [0.15, 0.2) is 36.4 Å². The maximum absolute atomic E-state index is 10.9. The molecule has 2 aromatic carbocycles. The fourth-order valence-electron chi connectivity index (χ4n) is 1.92. The van der Waals surface area contributed by atoms with E-state index in [0.29, 0.717) is 17.6 Å². The van der Waals surface area contributed by atoms with E-state index in [-0.39, 0.29) is 11.3 Å². The Morgan fingerprint density at radius 1 is 1.17 bits per heavy atom. The fourth-order valence-corrected chi connectivity index (χ4v) is 1.92. The Kier molecular flexibility index (Phi) is 3.33. The van der Waals surface area contributed by atoms with E-state index >= 15 is 0 Å². The summed E-state index contributed by atoms with van der Waals surface area (Å²) in [5.41, 5.74) is 2.75. The number of hydrogen-bond donors (Lipinski definition) is 1. The summed E-state index contributed by atoms with van der Waals surface area (Å²) in [6.45, 7) is 1.95. The second kappa shape index (κ2) is 4.92. The molecule has 0 atom stereocenters. The van der Waals surface area contributed by atoms with Crippen LogP contribution in [0.25, 0.3) is 11.1 Å². The monoisotopic (exact) mass is 242 g/mol. The van der Waals surface area contributed by atoms with E-state index < -0.39 is 0 Å². The number of phenols is 1. The number of carbonyl (C=O) groups is 1. The molecule has 1 N–H and O–H groups in total. The number of rotatable bonds is 3. The van der Waals surface area contributed by atoms with Crippen LogP contribution in [0.3, 0.4) is 0 Å². The van der Waals surface area contributed by atoms with Gasteiger partial charge in [-0.15, -0.1) is 0 Å². The third-order valence-corrected chi connectivity index (χ3v) is 2.91. The third-order valence-electron chi connectivity index (χ3n) is 2.91. The number of benzene rings is 2. The van der Waals surface area contributed by atoms with Gasteiger partial charge in [0, 0.05) is 5.56 Å². The van der Waals surface area contributed by atoms with E-state index in [0.717, 1.165) is 11.1 Å². The highest BCUT2D eigenvalue weighted by molar-refractivity contribution is 5.87. The van der Waals surface area contributed by atoms with Crippen LogP contribution in [0.1, 0.15) is 15.9 Å². The molecule has 3 nitrogen and oxygen atoms in total. The SMILES string of the molecule is COc1cc(C=O)c(O)c(-c2ccccc2C)c1. The number of carbonyl (C=O) groups excluding carboxylic acids is 1. The Morgan fingerprint density at radius 3 is 2.50 bits per heavy atom. The van der Waals surface area contributed by atoms with Gasteiger partial charge in [-0.05, 0) is 30.2 Å². The zero-order chi connectivity index (χ0) is 13.1. The van der Waals surface area contributed by atoms with Crippen molar-refractivity contribution in [2.24, 2.45) is 0 Å². The van der Waals surface area contributed by atoms with E-state index in [4.69, 9.17) is 4.74 Å². The summed E-state index contributed by atoms with van der Waals surface area (Å²) in [5.74, 6) is 0.535. The van der Waals surface area contributed by atoms with Gasteiger partial charge in [-0.3, -0.25) is 4.79 Å². The summed E-state index contributed by atoms with van der Waals surface area (Å²) >= 11 is 0. The van der Waals surface area contributed by atoms with Gasteiger partial charge in [0.1, 0.15) is 11.5 Å². The van der Waals surface area contributed by atoms with Gasteiger partial charge < -0.3 is 9.84 Å². The van der Waals surface area contributed by atoms with Gasteiger partial charge in [-0.25, -0.2) is 0 Å². The summed E-state index contributed by atoms with van der Waals surface area (Å²) in [5, 5.41) is 10.1. The van der Waals surface area contributed by atoms with Crippen LogP contribution in [0.4, 0.5) is 0 Å². The van der Waals surface area contributed by atoms with Gasteiger partial charge in [0.15, 0.2) is 6.29 Å². The van der Waals surface area contributed by atoms with Crippen molar-refractivity contribution in [2.45, 2.75) is 6.92 Å². The molecule has 0 amide bonds. The number of aldehydes is 1. The number of aromatic hydroxyl groups is 1. The summed E-state index contributed by atoms with van der Waals surface area (Å²) in [6, 6.07) is 10.9. The molecule has 92 valence electrons. The highest BCUT2D eigenvalue weighted by atomic mass is 16.5. The van der Waals surface area contributed by atoms with Crippen molar-refractivity contribution >= 4 is 6.29 Å². The maximum atomic E-state index is 10.9. The minimum atomic E-state index is -0.0138. The predicted octanol–water partition coefficient (Wildman–Crippen LogP) is 3.19. The first-order valence-electron chi connectivity index (χ1n) is 5.59. The molecule has 0 aromatic heterocycles. The number of ether oxygens (including phenoxy) is 1. The molecule has 0 heterocycles. The van der Waals surface area contributed by atoms with Crippen LogP contribution >= 0.6 is 0 Å². The molecule has 0 aliphatic rings. The van der Waals surface area contributed by atoms with E-state index in [2.05, 4.69) is 0 Å². The number of hydrogen-bond acceptors (Lipinski definition) is 3. The predicted molar refractivity (Wildman–Crippen MR) is 70.2 cm³/mol. The van der Waals surface area contributed by atoms with E-state index in [9.17, 15) is 9.90 Å². The Morgan fingerprint density at radius 2 is 1.89 bits per heavy atom. The van der Waals surface area contributed by atoms with E-state index in [1.54, 1.807) is 6.07 Å². The van der Waals surface area contributed by atoms with Crippen LogP contribution < -0.4 is 4.74 Å². The number of methoxy groups -OCH3 is 1. The van der Waals surface area contributed by atoms with Crippen molar-refractivity contribution in [2.75, 3.05) is 7.11 Å². The fraction of sp³-hybridized carbons (Fsp3) is 0.133. The van der Waals surface area contributed by atoms with Gasteiger partial charge >= 0.3 is 0 Å². The number of aryl methyl sites for hydroxylation is 1. The third kappa shape index (κ3) is 2.07. The zero-order valence-corrected chi connectivity index (χ0v) is 10.3. The lowest BCUT2D eigenvalue weighted by molar-refractivity contribution is 0.112. The van der Waals surface area contributed by atoms with Crippen molar-refractivity contribution in [3.05, 3.63) is 47.5 Å². The summed E-state index contributed by atoms with van der Waals surface area (Å²) in [6.07, 6.45) is 0.625. The standard InChI is InChI=1S/C15H14O3/c1-10-5-3-4-6-13(10)14-8-12(18-2)7-11(9-16)15(14)17/h3-9,17H,1-2H3.